The van der Waals surface area contributed by atoms with E-state index in [-0.39, 0.29) is 0 Å². The van der Waals surface area contributed by atoms with Crippen molar-refractivity contribution in [1.29, 1.82) is 0 Å². The molecular weight excluding hydrogens is 196 g/mol. The van der Waals surface area contributed by atoms with Gasteiger partial charge in [-0.25, -0.2) is 9.97 Å². The van der Waals surface area contributed by atoms with E-state index in [9.17, 15) is 0 Å². The summed E-state index contributed by atoms with van der Waals surface area (Å²) in [6.45, 7) is 4.24. The molecule has 0 amide bonds. The average Bonchev–Trinajstić information content (AvgIpc) is 2.39. The van der Waals surface area contributed by atoms with E-state index in [1.807, 2.05) is 30.3 Å². The van der Waals surface area contributed by atoms with Crippen LogP contribution in [0.5, 0.6) is 0 Å². The molecule has 0 radical (unpaired) electrons. The molecule has 0 bridgehead atoms. The number of nitrogens with zero attached hydrogens (tertiary/aromatic N) is 2. The summed E-state index contributed by atoms with van der Waals surface area (Å²) in [7, 11) is 0. The molecule has 2 rings (SSSR count). The van der Waals surface area contributed by atoms with Gasteiger partial charge in [-0.1, -0.05) is 44.2 Å². The Morgan fingerprint density at radius 1 is 0.875 bits per heavy atom. The number of aromatic nitrogens is 2. The summed E-state index contributed by atoms with van der Waals surface area (Å²) in [5.74, 6) is 0.844. The van der Waals surface area contributed by atoms with Gasteiger partial charge in [0.05, 0.1) is 0 Å². The molecule has 2 heteroatoms. The van der Waals surface area contributed by atoms with Crippen molar-refractivity contribution in [2.24, 2.45) is 0 Å². The molecule has 1 aromatic heterocycles. The summed E-state index contributed by atoms with van der Waals surface area (Å²) in [5, 5.41) is 0. The highest BCUT2D eigenvalue weighted by Gasteiger charge is 2.04. The zero-order valence-electron chi connectivity index (χ0n) is 9.77. The lowest BCUT2D eigenvalue weighted by Crippen LogP contribution is -1.98. The van der Waals surface area contributed by atoms with E-state index >= 15 is 0 Å². The predicted molar refractivity (Wildman–Crippen MR) is 66.2 cm³/mol. The average molecular weight is 212 g/mol. The topological polar surface area (TPSA) is 25.8 Å². The van der Waals surface area contributed by atoms with Crippen LogP contribution in [0.2, 0.25) is 0 Å². The fraction of sp³-hybridized carbons (Fsp3) is 0.286. The Hall–Kier alpha value is -1.70. The molecule has 1 heterocycles. The maximum atomic E-state index is 4.56. The number of benzene rings is 1. The van der Waals surface area contributed by atoms with Crippen molar-refractivity contribution in [3.05, 3.63) is 47.8 Å². The van der Waals surface area contributed by atoms with Crippen molar-refractivity contribution in [3.63, 3.8) is 0 Å². The molecule has 82 valence electrons. The Bertz CT molecular complexity index is 441. The van der Waals surface area contributed by atoms with E-state index in [4.69, 9.17) is 0 Å². The third-order valence-corrected chi connectivity index (χ3v) is 2.59. The van der Waals surface area contributed by atoms with Gasteiger partial charge < -0.3 is 0 Å². The molecular formula is C14H16N2. The molecule has 0 N–H and O–H groups in total. The smallest absolute Gasteiger partial charge is 0.159 e. The Morgan fingerprint density at radius 2 is 1.44 bits per heavy atom. The van der Waals surface area contributed by atoms with Crippen LogP contribution < -0.4 is 0 Å². The molecule has 1 aromatic carbocycles. The van der Waals surface area contributed by atoms with Crippen LogP contribution in [-0.4, -0.2) is 9.97 Å². The van der Waals surface area contributed by atoms with Gasteiger partial charge in [-0.3, -0.25) is 0 Å². The summed E-state index contributed by atoms with van der Waals surface area (Å²) in [4.78, 5) is 9.12. The van der Waals surface area contributed by atoms with Crippen LogP contribution in [0, 0.1) is 0 Å². The van der Waals surface area contributed by atoms with Gasteiger partial charge in [0.1, 0.15) is 0 Å². The lowest BCUT2D eigenvalue weighted by molar-refractivity contribution is 0.943. The minimum absolute atomic E-state index is 0.844. The minimum Gasteiger partial charge on any atom is -0.233 e. The Balaban J connectivity index is 2.48. The van der Waals surface area contributed by atoms with Crippen LogP contribution in [0.25, 0.3) is 11.4 Å². The van der Waals surface area contributed by atoms with Crippen LogP contribution >= 0.6 is 0 Å². The van der Waals surface area contributed by atoms with Crippen LogP contribution in [-0.2, 0) is 12.8 Å². The highest BCUT2D eigenvalue weighted by atomic mass is 14.9. The van der Waals surface area contributed by atoms with E-state index in [1.54, 1.807) is 0 Å². The van der Waals surface area contributed by atoms with Crippen molar-refractivity contribution in [2.75, 3.05) is 0 Å². The first-order chi connectivity index (χ1) is 7.83. The Labute approximate surface area is 96.4 Å². The van der Waals surface area contributed by atoms with E-state index in [1.165, 1.54) is 0 Å². The van der Waals surface area contributed by atoms with Crippen molar-refractivity contribution in [2.45, 2.75) is 26.7 Å². The molecule has 0 spiro atoms. The minimum atomic E-state index is 0.844. The van der Waals surface area contributed by atoms with Gasteiger partial charge in [-0.15, -0.1) is 0 Å². The van der Waals surface area contributed by atoms with E-state index < -0.39 is 0 Å². The summed E-state index contributed by atoms with van der Waals surface area (Å²) in [6, 6.07) is 12.2. The van der Waals surface area contributed by atoms with E-state index in [0.717, 1.165) is 35.6 Å². The zero-order chi connectivity index (χ0) is 11.4. The lowest BCUT2D eigenvalue weighted by atomic mass is 10.2. The van der Waals surface area contributed by atoms with Gasteiger partial charge in [0, 0.05) is 17.0 Å². The summed E-state index contributed by atoms with van der Waals surface area (Å²) in [5.41, 5.74) is 3.32. The third-order valence-electron chi connectivity index (χ3n) is 2.59. The second kappa shape index (κ2) is 4.88. The highest BCUT2D eigenvalue weighted by Crippen LogP contribution is 2.15. The Morgan fingerprint density at radius 3 is 1.94 bits per heavy atom. The van der Waals surface area contributed by atoms with Gasteiger partial charge in [0.2, 0.25) is 0 Å². The quantitative estimate of drug-likeness (QED) is 0.780. The molecule has 16 heavy (non-hydrogen) atoms. The van der Waals surface area contributed by atoms with Gasteiger partial charge in [0.15, 0.2) is 5.82 Å². The number of hydrogen-bond acceptors (Lipinski definition) is 2. The van der Waals surface area contributed by atoms with Gasteiger partial charge in [0.25, 0.3) is 0 Å². The molecule has 0 unspecified atom stereocenters. The van der Waals surface area contributed by atoms with E-state index in [2.05, 4.69) is 29.9 Å². The van der Waals surface area contributed by atoms with Crippen molar-refractivity contribution in [3.8, 4) is 11.4 Å². The molecule has 0 aliphatic rings. The first-order valence-corrected chi connectivity index (χ1v) is 5.75. The molecule has 0 aliphatic carbocycles. The molecule has 0 atom stereocenters. The van der Waals surface area contributed by atoms with Crippen LogP contribution in [0.4, 0.5) is 0 Å². The fourth-order valence-corrected chi connectivity index (χ4v) is 1.63. The first-order valence-electron chi connectivity index (χ1n) is 5.75. The summed E-state index contributed by atoms with van der Waals surface area (Å²) >= 11 is 0. The highest BCUT2D eigenvalue weighted by molar-refractivity contribution is 5.54. The molecule has 2 aromatic rings. The second-order valence-electron chi connectivity index (χ2n) is 3.75. The second-order valence-corrected chi connectivity index (χ2v) is 3.75. The molecule has 0 saturated carbocycles. The zero-order valence-corrected chi connectivity index (χ0v) is 9.77. The predicted octanol–water partition coefficient (Wildman–Crippen LogP) is 3.27. The monoisotopic (exact) mass is 212 g/mol. The van der Waals surface area contributed by atoms with Crippen LogP contribution in [0.15, 0.2) is 36.4 Å². The van der Waals surface area contributed by atoms with Crippen LogP contribution in [0.1, 0.15) is 25.2 Å². The number of rotatable bonds is 3. The van der Waals surface area contributed by atoms with E-state index in [0.29, 0.717) is 0 Å². The normalized spacial score (nSPS) is 10.4. The third kappa shape index (κ3) is 2.27. The standard InChI is InChI=1S/C14H16N2/c1-3-12-10-13(4-2)16-14(15-12)11-8-6-5-7-9-11/h5-10H,3-4H2,1-2H3. The lowest BCUT2D eigenvalue weighted by Gasteiger charge is -2.05. The molecule has 0 aliphatic heterocycles. The molecule has 2 nitrogen and oxygen atoms in total. The fourth-order valence-electron chi connectivity index (χ4n) is 1.63. The van der Waals surface area contributed by atoms with Crippen LogP contribution in [0.3, 0.4) is 0 Å². The SMILES string of the molecule is CCc1cc(CC)nc(-c2ccccc2)n1. The largest absolute Gasteiger partial charge is 0.233 e. The molecule has 0 fully saturated rings. The summed E-state index contributed by atoms with van der Waals surface area (Å²) in [6.07, 6.45) is 1.91. The van der Waals surface area contributed by atoms with Gasteiger partial charge >= 0.3 is 0 Å². The maximum Gasteiger partial charge on any atom is 0.159 e. The van der Waals surface area contributed by atoms with Crippen molar-refractivity contribution < 1.29 is 0 Å². The van der Waals surface area contributed by atoms with Crippen molar-refractivity contribution >= 4 is 0 Å². The summed E-state index contributed by atoms with van der Waals surface area (Å²) < 4.78 is 0. The number of aryl methyl sites for hydroxylation is 2. The number of hydrogen-bond donors (Lipinski definition) is 0. The van der Waals surface area contributed by atoms with Gasteiger partial charge in [-0.05, 0) is 18.9 Å². The first kappa shape index (κ1) is 10.8. The Kier molecular flexibility index (Phi) is 3.30. The maximum absolute atomic E-state index is 4.56. The van der Waals surface area contributed by atoms with Gasteiger partial charge in [-0.2, -0.15) is 0 Å². The molecule has 0 saturated heterocycles. The van der Waals surface area contributed by atoms with Crippen molar-refractivity contribution in [1.82, 2.24) is 9.97 Å².